The molecule has 346 valence electrons. The third-order valence-electron chi connectivity index (χ3n) is 13.1. The lowest BCUT2D eigenvalue weighted by atomic mass is 9.62. The lowest BCUT2D eigenvalue weighted by Crippen LogP contribution is -2.66. The van der Waals surface area contributed by atoms with Crippen LogP contribution in [0.15, 0.2) is 194 Å². The third kappa shape index (κ3) is 11.8. The van der Waals surface area contributed by atoms with Crippen molar-refractivity contribution in [2.75, 3.05) is 7.11 Å². The molecular formula is C58H60O9. The molecule has 2 fully saturated rings. The van der Waals surface area contributed by atoms with Gasteiger partial charge in [-0.1, -0.05) is 194 Å². The molecule has 1 heterocycles. The molecule has 0 bridgehead atoms. The second-order valence-electron chi connectivity index (χ2n) is 17.6. The van der Waals surface area contributed by atoms with Crippen molar-refractivity contribution >= 4 is 5.78 Å². The van der Waals surface area contributed by atoms with E-state index in [0.717, 1.165) is 33.4 Å². The highest BCUT2D eigenvalue weighted by Gasteiger charge is 2.59. The van der Waals surface area contributed by atoms with Crippen molar-refractivity contribution in [3.8, 4) is 0 Å². The van der Waals surface area contributed by atoms with Crippen molar-refractivity contribution in [3.05, 3.63) is 228 Å². The molecule has 9 heteroatoms. The minimum atomic E-state index is -0.961. The van der Waals surface area contributed by atoms with E-state index in [4.69, 9.17) is 37.9 Å². The largest absolute Gasteiger partial charge is 0.370 e. The van der Waals surface area contributed by atoms with E-state index in [1.165, 1.54) is 0 Å². The molecular weight excluding hydrogens is 841 g/mol. The summed E-state index contributed by atoms with van der Waals surface area (Å²) in [6.45, 7) is 1.70. The van der Waals surface area contributed by atoms with Crippen LogP contribution in [0.1, 0.15) is 39.8 Å². The number of ether oxygens (including phenoxy) is 8. The van der Waals surface area contributed by atoms with Crippen molar-refractivity contribution in [2.45, 2.75) is 95.1 Å². The Labute approximate surface area is 394 Å². The van der Waals surface area contributed by atoms with Gasteiger partial charge in [-0.2, -0.15) is 0 Å². The highest BCUT2D eigenvalue weighted by molar-refractivity contribution is 5.88. The predicted molar refractivity (Wildman–Crippen MR) is 255 cm³/mol. The Kier molecular flexibility index (Phi) is 16.3. The first kappa shape index (κ1) is 46.5. The van der Waals surface area contributed by atoms with Gasteiger partial charge in [-0.05, 0) is 39.8 Å². The fourth-order valence-electron chi connectivity index (χ4n) is 9.82. The summed E-state index contributed by atoms with van der Waals surface area (Å²) in [5.41, 5.74) is 5.96. The Morgan fingerprint density at radius 2 is 0.791 bits per heavy atom. The van der Waals surface area contributed by atoms with Gasteiger partial charge in [0, 0.05) is 24.9 Å². The van der Waals surface area contributed by atoms with Gasteiger partial charge in [-0.15, -0.1) is 0 Å². The number of hydrogen-bond donors (Lipinski definition) is 0. The van der Waals surface area contributed by atoms with Gasteiger partial charge in [0.15, 0.2) is 12.1 Å². The number of hydrogen-bond acceptors (Lipinski definition) is 9. The van der Waals surface area contributed by atoms with Crippen LogP contribution in [0.5, 0.6) is 0 Å². The van der Waals surface area contributed by atoms with Gasteiger partial charge < -0.3 is 37.9 Å². The fourth-order valence-corrected chi connectivity index (χ4v) is 9.82. The lowest BCUT2D eigenvalue weighted by Gasteiger charge is -2.53. The summed E-state index contributed by atoms with van der Waals surface area (Å²) in [5, 5.41) is 0. The topological polar surface area (TPSA) is 90.9 Å². The van der Waals surface area contributed by atoms with E-state index >= 15 is 4.79 Å². The summed E-state index contributed by atoms with van der Waals surface area (Å²) < 4.78 is 55.0. The van der Waals surface area contributed by atoms with Crippen molar-refractivity contribution in [1.82, 2.24) is 0 Å². The maximum atomic E-state index is 15.8. The van der Waals surface area contributed by atoms with Crippen LogP contribution in [0.25, 0.3) is 0 Å². The molecule has 1 aliphatic heterocycles. The summed E-state index contributed by atoms with van der Waals surface area (Å²) in [7, 11) is 1.63. The van der Waals surface area contributed by atoms with Crippen LogP contribution in [-0.2, 0) is 82.3 Å². The number of allylic oxidation sites excluding steroid dienone is 1. The van der Waals surface area contributed by atoms with E-state index in [1.54, 1.807) is 7.11 Å². The van der Waals surface area contributed by atoms with Crippen LogP contribution in [-0.4, -0.2) is 61.9 Å². The maximum absolute atomic E-state index is 15.8. The second-order valence-corrected chi connectivity index (χ2v) is 17.6. The first-order chi connectivity index (χ1) is 33.1. The smallest absolute Gasteiger partial charge is 0.186 e. The normalized spacial score (nSPS) is 27.1. The Morgan fingerprint density at radius 1 is 0.433 bits per heavy atom. The minimum absolute atomic E-state index is 0.0588. The molecule has 9 nitrogen and oxygen atoms in total. The summed E-state index contributed by atoms with van der Waals surface area (Å²) in [4.78, 5) is 15.8. The molecule has 11 atom stereocenters. The molecule has 0 N–H and O–H groups in total. The molecule has 0 amide bonds. The lowest BCUT2D eigenvalue weighted by molar-refractivity contribution is -0.329. The summed E-state index contributed by atoms with van der Waals surface area (Å²) in [6.07, 6.45) is -1.01. The van der Waals surface area contributed by atoms with E-state index in [9.17, 15) is 0 Å². The number of rotatable bonds is 20. The molecule has 3 aliphatic rings. The molecule has 1 unspecified atom stereocenters. The van der Waals surface area contributed by atoms with Gasteiger partial charge in [0.25, 0.3) is 0 Å². The van der Waals surface area contributed by atoms with Crippen LogP contribution in [0, 0.1) is 17.8 Å². The van der Waals surface area contributed by atoms with Gasteiger partial charge in [-0.3, -0.25) is 4.79 Å². The van der Waals surface area contributed by atoms with Crippen molar-refractivity contribution in [2.24, 2.45) is 17.8 Å². The molecule has 0 spiro atoms. The van der Waals surface area contributed by atoms with Crippen molar-refractivity contribution < 1.29 is 42.7 Å². The molecule has 0 aromatic heterocycles. The number of fused-ring (bicyclic) bond motifs is 1. The van der Waals surface area contributed by atoms with Gasteiger partial charge in [-0.25, -0.2) is 0 Å². The van der Waals surface area contributed by atoms with E-state index in [1.807, 2.05) is 170 Å². The van der Waals surface area contributed by atoms with E-state index in [0.29, 0.717) is 26.2 Å². The van der Waals surface area contributed by atoms with E-state index in [-0.39, 0.29) is 31.5 Å². The van der Waals surface area contributed by atoms with Crippen molar-refractivity contribution in [3.63, 3.8) is 0 Å². The fraction of sp³-hybridized carbons (Fsp3) is 0.328. The monoisotopic (exact) mass is 900 g/mol. The van der Waals surface area contributed by atoms with E-state index < -0.39 is 60.9 Å². The molecule has 9 rings (SSSR count). The highest BCUT2D eigenvalue weighted by Crippen LogP contribution is 2.47. The molecule has 1 saturated heterocycles. The van der Waals surface area contributed by atoms with E-state index in [2.05, 4.69) is 24.3 Å². The van der Waals surface area contributed by atoms with Gasteiger partial charge in [0.1, 0.15) is 30.5 Å². The molecule has 2 aliphatic carbocycles. The quantitative estimate of drug-likeness (QED) is 0.0695. The molecule has 6 aromatic rings. The van der Waals surface area contributed by atoms with Crippen LogP contribution < -0.4 is 0 Å². The summed E-state index contributed by atoms with van der Waals surface area (Å²) in [6, 6.07) is 60.3. The third-order valence-corrected chi connectivity index (χ3v) is 13.1. The first-order valence-corrected chi connectivity index (χ1v) is 23.4. The Hall–Kier alpha value is -5.59. The zero-order chi connectivity index (χ0) is 45.6. The Morgan fingerprint density at radius 3 is 1.21 bits per heavy atom. The average Bonchev–Trinajstić information content (AvgIpc) is 3.39. The number of methoxy groups -OCH3 is 1. The van der Waals surface area contributed by atoms with Crippen molar-refractivity contribution in [1.29, 1.82) is 0 Å². The molecule has 0 radical (unpaired) electrons. The summed E-state index contributed by atoms with van der Waals surface area (Å²) >= 11 is 0. The van der Waals surface area contributed by atoms with Crippen LogP contribution in [0.4, 0.5) is 0 Å². The predicted octanol–water partition coefficient (Wildman–Crippen LogP) is 10.3. The Bertz CT molecular complexity index is 2400. The number of ketones is 1. The first-order valence-electron chi connectivity index (χ1n) is 23.4. The second kappa shape index (κ2) is 23.4. The maximum Gasteiger partial charge on any atom is 0.186 e. The summed E-state index contributed by atoms with van der Waals surface area (Å²) in [5.74, 6) is -1.46. The van der Waals surface area contributed by atoms with Gasteiger partial charge in [0.05, 0.1) is 51.8 Å². The SMILES string of the molecule is CO[C@H]1OC([C@@H]2CC=C[C@H]3[C@@H](OCc4ccccc4)[C@H](OCc4ccccc4)[C@H](OCc4ccccc4)C(=O)[C@H]32)[C@@H](OCc2ccccc2)[C@H](OCc2ccccc2)[C@H]1OCc1ccccc1. The zero-order valence-corrected chi connectivity index (χ0v) is 38.0. The van der Waals surface area contributed by atoms with Crippen LogP contribution >= 0.6 is 0 Å². The molecule has 6 aromatic carbocycles. The van der Waals surface area contributed by atoms with Crippen LogP contribution in [0.2, 0.25) is 0 Å². The van der Waals surface area contributed by atoms with Gasteiger partial charge in [0.2, 0.25) is 0 Å². The van der Waals surface area contributed by atoms with Crippen LogP contribution in [0.3, 0.4) is 0 Å². The number of carbonyl (C=O) groups is 1. The van der Waals surface area contributed by atoms with Gasteiger partial charge >= 0.3 is 0 Å². The number of Topliss-reactive ketones (excluding diaryl/α,β-unsaturated/α-hetero) is 1. The zero-order valence-electron chi connectivity index (χ0n) is 38.0. The minimum Gasteiger partial charge on any atom is -0.370 e. The Balaban J connectivity index is 1.10. The highest BCUT2D eigenvalue weighted by atomic mass is 16.7. The average molecular weight is 901 g/mol. The number of carbonyl (C=O) groups excluding carboxylic acids is 1. The number of benzene rings is 6. The molecule has 1 saturated carbocycles. The molecule has 67 heavy (non-hydrogen) atoms. The standard InChI is InChI=1S/C58H60O9/c1-60-58-57(66-40-46-31-18-7-19-32-46)56(65-39-45-29-16-6-17-30-45)55(64-38-44-27-14-5-15-28-44)52(67-58)48-34-20-33-47-49(48)50(59)53(62-36-42-23-10-3-11-24-42)54(63-37-43-25-12-4-13-26-43)51(47)61-35-41-21-8-2-9-22-41/h2-33,47-49,51-58H,34-40H2,1H3/t47-,48-,49-,51-,52?,53-,54+,55-,56+,57-,58+/m1/s1.